The number of imide groups is 1. The number of carbonyl (C=O) groups is 2. The smallest absolute Gasteiger partial charge is 0.416 e. The molecule has 28 heavy (non-hydrogen) atoms. The van der Waals surface area contributed by atoms with Crippen molar-refractivity contribution in [2.75, 3.05) is 7.11 Å². The maximum absolute atomic E-state index is 12.7. The van der Waals surface area contributed by atoms with Gasteiger partial charge in [-0.15, -0.1) is 5.01 Å². The van der Waals surface area contributed by atoms with Gasteiger partial charge in [0.1, 0.15) is 11.3 Å². The molecule has 146 valence electrons. The minimum atomic E-state index is -4.44. The monoisotopic (exact) mass is 391 g/mol. The Hall–Kier alpha value is -3.36. The Morgan fingerprint density at radius 1 is 1.07 bits per heavy atom. The second-order valence-electron chi connectivity index (χ2n) is 6.26. The SMILES string of the molecule is COc1ccc([C@@]2(C)NC(=O)N(/N=C\c3ccc(C(F)(F)F)cc3)C2=O)cc1. The molecule has 0 bridgehead atoms. The Bertz CT molecular complexity index is 924. The van der Waals surface area contributed by atoms with Crippen LogP contribution in [0.4, 0.5) is 18.0 Å². The summed E-state index contributed by atoms with van der Waals surface area (Å²) in [6, 6.07) is 10.1. The van der Waals surface area contributed by atoms with Gasteiger partial charge in [0.2, 0.25) is 0 Å². The average Bonchev–Trinajstić information content (AvgIpc) is 2.89. The lowest BCUT2D eigenvalue weighted by molar-refractivity contribution is -0.137. The van der Waals surface area contributed by atoms with E-state index in [0.29, 0.717) is 21.9 Å². The molecule has 1 aliphatic heterocycles. The zero-order chi connectivity index (χ0) is 20.5. The first kappa shape index (κ1) is 19.4. The molecule has 0 aliphatic carbocycles. The summed E-state index contributed by atoms with van der Waals surface area (Å²) in [5.41, 5.74) is -1.27. The van der Waals surface area contributed by atoms with E-state index in [1.54, 1.807) is 31.2 Å². The van der Waals surface area contributed by atoms with E-state index in [4.69, 9.17) is 4.74 Å². The lowest BCUT2D eigenvalue weighted by Gasteiger charge is -2.21. The van der Waals surface area contributed by atoms with Gasteiger partial charge in [0.05, 0.1) is 18.9 Å². The number of hydrogen-bond donors (Lipinski definition) is 1. The van der Waals surface area contributed by atoms with Crippen LogP contribution in [0.15, 0.2) is 53.6 Å². The van der Waals surface area contributed by atoms with E-state index in [0.717, 1.165) is 18.3 Å². The van der Waals surface area contributed by atoms with Crippen molar-refractivity contribution < 1.29 is 27.5 Å². The first-order chi connectivity index (χ1) is 13.1. The number of amides is 3. The lowest BCUT2D eigenvalue weighted by atomic mass is 9.92. The van der Waals surface area contributed by atoms with Crippen LogP contribution in [0.3, 0.4) is 0 Å². The van der Waals surface area contributed by atoms with Crippen LogP contribution in [0.25, 0.3) is 0 Å². The number of carbonyl (C=O) groups excluding carboxylic acids is 2. The van der Waals surface area contributed by atoms with Crippen molar-refractivity contribution in [2.24, 2.45) is 5.10 Å². The van der Waals surface area contributed by atoms with Crippen LogP contribution < -0.4 is 10.1 Å². The Balaban J connectivity index is 1.80. The highest BCUT2D eigenvalue weighted by Crippen LogP contribution is 2.31. The van der Waals surface area contributed by atoms with E-state index in [2.05, 4.69) is 10.4 Å². The van der Waals surface area contributed by atoms with E-state index in [1.807, 2.05) is 0 Å². The van der Waals surface area contributed by atoms with Gasteiger partial charge in [-0.05, 0) is 42.3 Å². The van der Waals surface area contributed by atoms with Crippen molar-refractivity contribution in [3.8, 4) is 5.75 Å². The maximum atomic E-state index is 12.7. The Kier molecular flexibility index (Phi) is 4.84. The zero-order valence-electron chi connectivity index (χ0n) is 14.9. The number of halogens is 3. The number of nitrogens with one attached hydrogen (secondary N) is 1. The second-order valence-corrected chi connectivity index (χ2v) is 6.26. The molecule has 9 heteroatoms. The molecule has 0 spiro atoms. The molecule has 3 amide bonds. The third-order valence-corrected chi connectivity index (χ3v) is 4.40. The minimum absolute atomic E-state index is 0.312. The topological polar surface area (TPSA) is 71.0 Å². The Morgan fingerprint density at radius 3 is 2.21 bits per heavy atom. The number of ether oxygens (including phenoxy) is 1. The van der Waals surface area contributed by atoms with Crippen LogP contribution in [-0.4, -0.2) is 30.3 Å². The van der Waals surface area contributed by atoms with Gasteiger partial charge in [-0.1, -0.05) is 24.3 Å². The van der Waals surface area contributed by atoms with Crippen molar-refractivity contribution in [1.82, 2.24) is 10.3 Å². The van der Waals surface area contributed by atoms with Crippen molar-refractivity contribution >= 4 is 18.2 Å². The molecule has 3 rings (SSSR count). The van der Waals surface area contributed by atoms with Crippen LogP contribution in [-0.2, 0) is 16.5 Å². The summed E-state index contributed by atoms with van der Waals surface area (Å²) in [6.07, 6.45) is -3.29. The summed E-state index contributed by atoms with van der Waals surface area (Å²) in [5, 5.41) is 7.08. The number of nitrogens with zero attached hydrogens (tertiary/aromatic N) is 2. The maximum Gasteiger partial charge on any atom is 0.416 e. The van der Waals surface area contributed by atoms with Gasteiger partial charge in [0.25, 0.3) is 5.91 Å². The lowest BCUT2D eigenvalue weighted by Crippen LogP contribution is -2.40. The highest BCUT2D eigenvalue weighted by Gasteiger charge is 2.49. The predicted octanol–water partition coefficient (Wildman–Crippen LogP) is 3.52. The number of benzene rings is 2. The summed E-state index contributed by atoms with van der Waals surface area (Å²) in [4.78, 5) is 25.0. The van der Waals surface area contributed by atoms with Crippen molar-refractivity contribution in [3.05, 3.63) is 65.2 Å². The van der Waals surface area contributed by atoms with E-state index >= 15 is 0 Å². The molecule has 1 fully saturated rings. The number of urea groups is 1. The van der Waals surface area contributed by atoms with Crippen LogP contribution in [0.1, 0.15) is 23.6 Å². The first-order valence-corrected chi connectivity index (χ1v) is 8.17. The quantitative estimate of drug-likeness (QED) is 0.641. The van der Waals surface area contributed by atoms with Crippen molar-refractivity contribution in [3.63, 3.8) is 0 Å². The number of hydrogen-bond acceptors (Lipinski definition) is 4. The molecule has 2 aromatic carbocycles. The molecule has 6 nitrogen and oxygen atoms in total. The average molecular weight is 391 g/mol. The fourth-order valence-corrected chi connectivity index (χ4v) is 2.73. The van der Waals surface area contributed by atoms with Gasteiger partial charge < -0.3 is 10.1 Å². The van der Waals surface area contributed by atoms with E-state index < -0.39 is 29.2 Å². The molecule has 1 heterocycles. The van der Waals surface area contributed by atoms with Crippen LogP contribution in [0.5, 0.6) is 5.75 Å². The minimum Gasteiger partial charge on any atom is -0.497 e. The molecule has 0 radical (unpaired) electrons. The van der Waals surface area contributed by atoms with Crippen molar-refractivity contribution in [1.29, 1.82) is 0 Å². The van der Waals surface area contributed by atoms with Crippen LogP contribution in [0, 0.1) is 0 Å². The van der Waals surface area contributed by atoms with Gasteiger partial charge in [-0.2, -0.15) is 18.3 Å². The molecule has 1 aliphatic rings. The van der Waals surface area contributed by atoms with Crippen LogP contribution >= 0.6 is 0 Å². The third kappa shape index (κ3) is 3.55. The van der Waals surface area contributed by atoms with Gasteiger partial charge >= 0.3 is 12.2 Å². The number of methoxy groups -OCH3 is 1. The number of hydrazone groups is 1. The summed E-state index contributed by atoms with van der Waals surface area (Å²) in [7, 11) is 1.51. The fourth-order valence-electron chi connectivity index (χ4n) is 2.73. The largest absolute Gasteiger partial charge is 0.497 e. The van der Waals surface area contributed by atoms with Gasteiger partial charge in [-0.3, -0.25) is 4.79 Å². The summed E-state index contributed by atoms with van der Waals surface area (Å²) in [5.74, 6) is -0.00729. The van der Waals surface area contributed by atoms with Gasteiger partial charge in [0.15, 0.2) is 0 Å². The van der Waals surface area contributed by atoms with Crippen LogP contribution in [0.2, 0.25) is 0 Å². The van der Waals surface area contributed by atoms with Gasteiger partial charge in [-0.25, -0.2) is 4.79 Å². The molecular weight excluding hydrogens is 375 g/mol. The normalized spacial score (nSPS) is 20.0. The molecule has 0 unspecified atom stereocenters. The van der Waals surface area contributed by atoms with E-state index in [1.165, 1.54) is 19.2 Å². The molecule has 2 aromatic rings. The second kappa shape index (κ2) is 6.99. The molecule has 1 N–H and O–H groups in total. The third-order valence-electron chi connectivity index (χ3n) is 4.40. The predicted molar refractivity (Wildman–Crippen MR) is 94.8 cm³/mol. The summed E-state index contributed by atoms with van der Waals surface area (Å²) < 4.78 is 42.9. The summed E-state index contributed by atoms with van der Waals surface area (Å²) in [6.45, 7) is 1.54. The number of alkyl halides is 3. The first-order valence-electron chi connectivity index (χ1n) is 8.17. The van der Waals surface area contributed by atoms with E-state index in [-0.39, 0.29) is 0 Å². The molecule has 0 saturated carbocycles. The molecule has 1 saturated heterocycles. The number of rotatable bonds is 4. The Morgan fingerprint density at radius 2 is 1.68 bits per heavy atom. The Labute approximate surface area is 158 Å². The fraction of sp³-hybridized carbons (Fsp3) is 0.211. The standard InChI is InChI=1S/C19H16F3N3O3/c1-18(13-7-9-15(28-2)10-8-13)16(26)25(17(27)24-18)23-11-12-3-5-14(6-4-12)19(20,21)22/h3-11H,1-2H3,(H,24,27)/b23-11-/t18-/m1/s1. The molecular formula is C19H16F3N3O3. The molecule has 1 atom stereocenters. The van der Waals surface area contributed by atoms with Gasteiger partial charge in [0, 0.05) is 0 Å². The summed E-state index contributed by atoms with van der Waals surface area (Å²) >= 11 is 0. The zero-order valence-corrected chi connectivity index (χ0v) is 14.9. The van der Waals surface area contributed by atoms with E-state index in [9.17, 15) is 22.8 Å². The highest BCUT2D eigenvalue weighted by molar-refractivity contribution is 6.07. The van der Waals surface area contributed by atoms with Crippen molar-refractivity contribution in [2.45, 2.75) is 18.6 Å². The molecule has 0 aromatic heterocycles. The highest BCUT2D eigenvalue weighted by atomic mass is 19.4.